The van der Waals surface area contributed by atoms with Crippen LogP contribution in [0.25, 0.3) is 28.2 Å². The molecule has 158 valence electrons. The summed E-state index contributed by atoms with van der Waals surface area (Å²) in [6.07, 6.45) is -1.46. The van der Waals surface area contributed by atoms with Gasteiger partial charge in [0, 0.05) is 24.4 Å². The number of hydrogen-bond donors (Lipinski definition) is 1. The van der Waals surface area contributed by atoms with Gasteiger partial charge in [-0.15, -0.1) is 16.4 Å². The van der Waals surface area contributed by atoms with E-state index in [9.17, 15) is 13.2 Å². The van der Waals surface area contributed by atoms with Crippen molar-refractivity contribution in [2.75, 3.05) is 5.32 Å². The molecule has 2 atom stereocenters. The highest BCUT2D eigenvalue weighted by atomic mass is 32.1. The van der Waals surface area contributed by atoms with Crippen LogP contribution in [0.5, 0.6) is 0 Å². The second-order valence-electron chi connectivity index (χ2n) is 7.32. The lowest BCUT2D eigenvalue weighted by atomic mass is 10.0. The summed E-state index contributed by atoms with van der Waals surface area (Å²) in [7, 11) is 1.76. The number of fused-ring (bicyclic) bond motifs is 4. The number of thiophene rings is 1. The lowest BCUT2D eigenvalue weighted by molar-refractivity contribution is -0.173. The molecule has 13 heteroatoms. The quantitative estimate of drug-likeness (QED) is 0.447. The van der Waals surface area contributed by atoms with Gasteiger partial charge in [-0.3, -0.25) is 4.68 Å². The summed E-state index contributed by atoms with van der Waals surface area (Å²) in [5.74, 6) is 0.501. The molecule has 1 aliphatic rings. The van der Waals surface area contributed by atoms with Gasteiger partial charge in [-0.1, -0.05) is 6.07 Å². The molecule has 0 saturated heterocycles. The molecule has 0 fully saturated rings. The fraction of sp³-hybridized carbons (Fsp3) is 0.278. The van der Waals surface area contributed by atoms with E-state index in [1.165, 1.54) is 22.2 Å². The van der Waals surface area contributed by atoms with Gasteiger partial charge >= 0.3 is 6.18 Å². The molecule has 6 heterocycles. The van der Waals surface area contributed by atoms with Crippen molar-refractivity contribution in [3.8, 4) is 11.5 Å². The molecule has 0 amide bonds. The molecule has 5 aromatic rings. The highest BCUT2D eigenvalue weighted by molar-refractivity contribution is 7.10. The number of rotatable bonds is 2. The van der Waals surface area contributed by atoms with Gasteiger partial charge in [0.2, 0.25) is 5.82 Å². The molecule has 31 heavy (non-hydrogen) atoms. The Morgan fingerprint density at radius 3 is 2.87 bits per heavy atom. The highest BCUT2D eigenvalue weighted by Gasteiger charge is 2.47. The zero-order valence-corrected chi connectivity index (χ0v) is 16.8. The first-order valence-electron chi connectivity index (χ1n) is 9.38. The van der Waals surface area contributed by atoms with Crippen LogP contribution in [0, 0.1) is 0 Å². The number of aromatic nitrogens is 8. The van der Waals surface area contributed by atoms with Crippen LogP contribution in [0.4, 0.5) is 19.0 Å². The second-order valence-corrected chi connectivity index (χ2v) is 8.30. The van der Waals surface area contributed by atoms with Crippen molar-refractivity contribution in [3.63, 3.8) is 0 Å². The summed E-state index contributed by atoms with van der Waals surface area (Å²) in [6.45, 7) is 0. The van der Waals surface area contributed by atoms with Crippen LogP contribution in [0.2, 0.25) is 0 Å². The summed E-state index contributed by atoms with van der Waals surface area (Å²) in [5.41, 5.74) is 1.40. The SMILES string of the molecule is Cn1ncc2c1ncn1nc(-c3cc4n(n3)C(C(F)(F)F)CC(c3cccs3)N4)nc21. The fourth-order valence-corrected chi connectivity index (χ4v) is 4.70. The molecular formula is C18H14F3N9S. The van der Waals surface area contributed by atoms with E-state index in [1.807, 2.05) is 17.5 Å². The van der Waals surface area contributed by atoms with Crippen LogP contribution in [0.1, 0.15) is 23.4 Å². The number of anilines is 1. The van der Waals surface area contributed by atoms with Gasteiger partial charge in [0.15, 0.2) is 17.3 Å². The van der Waals surface area contributed by atoms with Crippen molar-refractivity contribution < 1.29 is 13.2 Å². The summed E-state index contributed by atoms with van der Waals surface area (Å²) in [6, 6.07) is 3.03. The van der Waals surface area contributed by atoms with Gasteiger partial charge in [-0.2, -0.15) is 23.4 Å². The van der Waals surface area contributed by atoms with Gasteiger partial charge in [0.1, 0.15) is 17.8 Å². The Morgan fingerprint density at radius 2 is 2.10 bits per heavy atom. The van der Waals surface area contributed by atoms with Crippen molar-refractivity contribution in [2.45, 2.75) is 24.7 Å². The predicted molar refractivity (Wildman–Crippen MR) is 107 cm³/mol. The van der Waals surface area contributed by atoms with Crippen LogP contribution in [-0.4, -0.2) is 45.3 Å². The monoisotopic (exact) mass is 445 g/mol. The maximum Gasteiger partial charge on any atom is 0.410 e. The molecule has 0 aliphatic carbocycles. The van der Waals surface area contributed by atoms with Crippen LogP contribution in [-0.2, 0) is 7.05 Å². The van der Waals surface area contributed by atoms with Crippen LogP contribution in [0.3, 0.4) is 0 Å². The first-order valence-corrected chi connectivity index (χ1v) is 10.3. The largest absolute Gasteiger partial charge is 0.410 e. The Bertz CT molecular complexity index is 1410. The normalized spacial score (nSPS) is 19.1. The number of halogens is 3. The molecule has 6 rings (SSSR count). The lowest BCUT2D eigenvalue weighted by Crippen LogP contribution is -2.35. The van der Waals surface area contributed by atoms with Crippen molar-refractivity contribution >= 4 is 33.8 Å². The minimum atomic E-state index is -4.44. The first-order chi connectivity index (χ1) is 14.9. The van der Waals surface area contributed by atoms with Gasteiger partial charge in [0.05, 0.1) is 17.6 Å². The minimum Gasteiger partial charge on any atom is -0.363 e. The van der Waals surface area contributed by atoms with Gasteiger partial charge in [-0.05, 0) is 11.4 Å². The smallest absolute Gasteiger partial charge is 0.363 e. The second kappa shape index (κ2) is 6.26. The minimum absolute atomic E-state index is 0.142. The lowest BCUT2D eigenvalue weighted by Gasteiger charge is -2.32. The summed E-state index contributed by atoms with van der Waals surface area (Å²) < 4.78 is 45.6. The number of hydrogen-bond acceptors (Lipinski definition) is 7. The third-order valence-corrected chi connectivity index (χ3v) is 6.36. The summed E-state index contributed by atoms with van der Waals surface area (Å²) >= 11 is 1.42. The Hall–Kier alpha value is -3.48. The fourth-order valence-electron chi connectivity index (χ4n) is 3.91. The number of aryl methyl sites for hydroxylation is 1. The third kappa shape index (κ3) is 2.80. The predicted octanol–water partition coefficient (Wildman–Crippen LogP) is 3.60. The zero-order valence-electron chi connectivity index (χ0n) is 15.9. The molecular weight excluding hydrogens is 431 g/mol. The molecule has 9 nitrogen and oxygen atoms in total. The summed E-state index contributed by atoms with van der Waals surface area (Å²) in [4.78, 5) is 9.65. The standard InChI is InChI=1S/C18H14F3N9S/c1-28-16-9(7-23-28)17-25-15(27-29(17)8-22-16)11-6-14-24-10(12-3-2-4-31-12)5-13(18(19,20)21)30(14)26-11/h2-4,6-8,10,13,24H,5H2,1H3. The molecule has 0 spiro atoms. The van der Waals surface area contributed by atoms with E-state index in [0.717, 1.165) is 9.56 Å². The molecule has 5 aromatic heterocycles. The Morgan fingerprint density at radius 1 is 1.23 bits per heavy atom. The Kier molecular flexibility index (Phi) is 3.70. The highest BCUT2D eigenvalue weighted by Crippen LogP contribution is 2.45. The van der Waals surface area contributed by atoms with E-state index >= 15 is 0 Å². The molecule has 0 saturated carbocycles. The maximum atomic E-state index is 13.9. The third-order valence-electron chi connectivity index (χ3n) is 5.37. The summed E-state index contributed by atoms with van der Waals surface area (Å²) in [5, 5.41) is 18.5. The molecule has 1 N–H and O–H groups in total. The molecule has 1 aliphatic heterocycles. The molecule has 0 radical (unpaired) electrons. The zero-order chi connectivity index (χ0) is 21.3. The van der Waals surface area contributed by atoms with Crippen molar-refractivity contribution in [3.05, 3.63) is 41.0 Å². The van der Waals surface area contributed by atoms with E-state index in [-0.39, 0.29) is 23.8 Å². The van der Waals surface area contributed by atoms with Crippen molar-refractivity contribution in [1.29, 1.82) is 0 Å². The van der Waals surface area contributed by atoms with E-state index in [2.05, 4.69) is 30.6 Å². The number of nitrogens with zero attached hydrogens (tertiary/aromatic N) is 8. The van der Waals surface area contributed by atoms with Gasteiger partial charge in [0.25, 0.3) is 0 Å². The average molecular weight is 445 g/mol. The van der Waals surface area contributed by atoms with E-state index in [4.69, 9.17) is 0 Å². The van der Waals surface area contributed by atoms with Gasteiger partial charge in [-0.25, -0.2) is 19.2 Å². The van der Waals surface area contributed by atoms with Crippen LogP contribution < -0.4 is 5.32 Å². The Balaban J connectivity index is 1.46. The van der Waals surface area contributed by atoms with E-state index in [0.29, 0.717) is 16.7 Å². The van der Waals surface area contributed by atoms with Crippen LogP contribution >= 0.6 is 11.3 Å². The van der Waals surface area contributed by atoms with Crippen molar-refractivity contribution in [2.24, 2.45) is 7.05 Å². The average Bonchev–Trinajstić information content (AvgIpc) is 3.50. The molecule has 0 aromatic carbocycles. The number of alkyl halides is 3. The van der Waals surface area contributed by atoms with Crippen LogP contribution in [0.15, 0.2) is 36.1 Å². The topological polar surface area (TPSA) is 90.8 Å². The van der Waals surface area contributed by atoms with E-state index in [1.54, 1.807) is 24.0 Å². The maximum absolute atomic E-state index is 13.9. The molecule has 0 bridgehead atoms. The molecule has 2 unspecified atom stereocenters. The first kappa shape index (κ1) is 18.3. The Labute approximate surface area is 176 Å². The van der Waals surface area contributed by atoms with Gasteiger partial charge < -0.3 is 5.32 Å². The van der Waals surface area contributed by atoms with Crippen molar-refractivity contribution in [1.82, 2.24) is 39.1 Å². The number of nitrogens with one attached hydrogen (secondary N) is 1. The van der Waals surface area contributed by atoms with E-state index < -0.39 is 18.3 Å².